The molecule has 1 aliphatic heterocycles. The van der Waals surface area contributed by atoms with Crippen LogP contribution in [0.4, 0.5) is 16.3 Å². The van der Waals surface area contributed by atoms with Gasteiger partial charge in [0.05, 0.1) is 19.0 Å². The lowest BCUT2D eigenvalue weighted by Gasteiger charge is -2.15. The van der Waals surface area contributed by atoms with Crippen LogP contribution in [0.2, 0.25) is 0 Å². The van der Waals surface area contributed by atoms with Gasteiger partial charge in [-0.2, -0.15) is 8.42 Å². The molecule has 0 saturated carbocycles. The Labute approximate surface area is 176 Å². The van der Waals surface area contributed by atoms with Gasteiger partial charge >= 0.3 is 16.3 Å². The first-order valence-electron chi connectivity index (χ1n) is 9.11. The molecule has 14 heteroatoms. The SMILES string of the molecule is NS(=O)(=O)OC[C@H]1O[C@@H](n2cnc3c(NC(=O)Nc4ccccc4)ncnc32)C[C@@H]1O. The Morgan fingerprint density at radius 1 is 1.26 bits per heavy atom. The lowest BCUT2D eigenvalue weighted by Crippen LogP contribution is -2.30. The van der Waals surface area contributed by atoms with E-state index < -0.39 is 41.4 Å². The smallest absolute Gasteiger partial charge is 0.333 e. The molecule has 3 aromatic rings. The second-order valence-electron chi connectivity index (χ2n) is 6.70. The first-order valence-corrected chi connectivity index (χ1v) is 10.6. The van der Waals surface area contributed by atoms with E-state index in [0.29, 0.717) is 16.9 Å². The number of nitrogens with zero attached hydrogens (tertiary/aromatic N) is 4. The van der Waals surface area contributed by atoms with Gasteiger partial charge in [0.2, 0.25) is 0 Å². The number of benzene rings is 1. The van der Waals surface area contributed by atoms with E-state index in [4.69, 9.17) is 9.88 Å². The van der Waals surface area contributed by atoms with Gasteiger partial charge in [0, 0.05) is 12.1 Å². The highest BCUT2D eigenvalue weighted by Crippen LogP contribution is 2.32. The Balaban J connectivity index is 1.49. The number of urea groups is 1. The van der Waals surface area contributed by atoms with E-state index in [-0.39, 0.29) is 12.2 Å². The number of para-hydroxylation sites is 1. The van der Waals surface area contributed by atoms with Gasteiger partial charge in [-0.3, -0.25) is 14.1 Å². The van der Waals surface area contributed by atoms with Crippen LogP contribution in [0.1, 0.15) is 12.6 Å². The number of fused-ring (bicyclic) bond motifs is 1. The topological polar surface area (TPSA) is 184 Å². The Hall–Kier alpha value is -3.17. The van der Waals surface area contributed by atoms with E-state index in [1.807, 2.05) is 6.07 Å². The summed E-state index contributed by atoms with van der Waals surface area (Å²) in [7, 11) is -4.16. The van der Waals surface area contributed by atoms with E-state index in [2.05, 4.69) is 29.8 Å². The standard InChI is InChI=1S/C17H19N7O6S/c18-31(27,28)29-7-12-11(25)6-13(30-12)24-9-21-14-15(19-8-20-16(14)24)23-17(26)22-10-4-2-1-3-5-10/h1-5,8-9,11-13,25H,6-7H2,(H2,18,27,28)(H2,19,20,22,23,26)/t11-,12+,13+/m0/s1. The highest BCUT2D eigenvalue weighted by molar-refractivity contribution is 7.84. The maximum atomic E-state index is 12.3. The minimum Gasteiger partial charge on any atom is -0.390 e. The van der Waals surface area contributed by atoms with E-state index in [0.717, 1.165) is 0 Å². The zero-order valence-corrected chi connectivity index (χ0v) is 16.8. The summed E-state index contributed by atoms with van der Waals surface area (Å²) >= 11 is 0. The molecule has 4 rings (SSSR count). The number of hydrogen-bond acceptors (Lipinski definition) is 9. The molecular formula is C17H19N7O6S. The Bertz CT molecular complexity index is 1190. The molecular weight excluding hydrogens is 430 g/mol. The molecule has 0 aliphatic carbocycles. The van der Waals surface area contributed by atoms with Crippen molar-refractivity contribution in [3.63, 3.8) is 0 Å². The third kappa shape index (κ3) is 4.95. The molecule has 2 aromatic heterocycles. The average molecular weight is 449 g/mol. The summed E-state index contributed by atoms with van der Waals surface area (Å²) in [6, 6.07) is 8.38. The first kappa shape index (κ1) is 21.1. The first-order chi connectivity index (χ1) is 14.8. The summed E-state index contributed by atoms with van der Waals surface area (Å²) < 4.78 is 33.7. The molecule has 0 spiro atoms. The van der Waals surface area contributed by atoms with E-state index >= 15 is 0 Å². The largest absolute Gasteiger partial charge is 0.390 e. The van der Waals surface area contributed by atoms with Crippen molar-refractivity contribution < 1.29 is 27.2 Å². The fraction of sp³-hybridized carbons (Fsp3) is 0.294. The molecule has 2 amide bonds. The van der Waals surface area contributed by atoms with Crippen LogP contribution in [0.25, 0.3) is 11.2 Å². The Morgan fingerprint density at radius 3 is 2.77 bits per heavy atom. The number of aliphatic hydroxyl groups excluding tert-OH is 1. The summed E-state index contributed by atoms with van der Waals surface area (Å²) in [5, 5.41) is 20.3. The zero-order chi connectivity index (χ0) is 22.0. The van der Waals surface area contributed by atoms with Crippen LogP contribution in [0.3, 0.4) is 0 Å². The van der Waals surface area contributed by atoms with Crippen molar-refractivity contribution in [2.45, 2.75) is 24.9 Å². The quantitative estimate of drug-likeness (QED) is 0.412. The summed E-state index contributed by atoms with van der Waals surface area (Å²) in [5.74, 6) is 0.185. The highest BCUT2D eigenvalue weighted by atomic mass is 32.2. The summed E-state index contributed by atoms with van der Waals surface area (Å²) in [5.41, 5.74) is 1.28. The molecule has 3 heterocycles. The number of carbonyl (C=O) groups excluding carboxylic acids is 1. The van der Waals surface area contributed by atoms with Gasteiger partial charge in [-0.15, -0.1) is 0 Å². The highest BCUT2D eigenvalue weighted by Gasteiger charge is 2.36. The summed E-state index contributed by atoms with van der Waals surface area (Å²) in [6.07, 6.45) is 0.254. The molecule has 13 nitrogen and oxygen atoms in total. The van der Waals surface area contributed by atoms with Crippen molar-refractivity contribution in [1.29, 1.82) is 0 Å². The van der Waals surface area contributed by atoms with Gasteiger partial charge in [-0.05, 0) is 12.1 Å². The number of nitrogens with two attached hydrogens (primary N) is 1. The number of rotatable bonds is 6. The van der Waals surface area contributed by atoms with Crippen molar-refractivity contribution in [1.82, 2.24) is 19.5 Å². The number of aromatic nitrogens is 4. The number of amides is 2. The van der Waals surface area contributed by atoms with Crippen molar-refractivity contribution in [3.8, 4) is 0 Å². The lowest BCUT2D eigenvalue weighted by atomic mass is 10.2. The minimum absolute atomic E-state index is 0.144. The molecule has 3 atom stereocenters. The normalized spacial score (nSPS) is 21.3. The molecule has 1 saturated heterocycles. The Morgan fingerprint density at radius 2 is 2.03 bits per heavy atom. The number of imidazole rings is 1. The molecule has 0 radical (unpaired) electrons. The van der Waals surface area contributed by atoms with Gasteiger partial charge in [0.25, 0.3) is 0 Å². The van der Waals surface area contributed by atoms with Crippen LogP contribution in [-0.4, -0.2) is 57.9 Å². The molecule has 164 valence electrons. The summed E-state index contributed by atoms with van der Waals surface area (Å²) in [6.45, 7) is -0.426. The third-order valence-corrected chi connectivity index (χ3v) is 5.00. The van der Waals surface area contributed by atoms with E-state index in [1.54, 1.807) is 28.8 Å². The van der Waals surface area contributed by atoms with Gasteiger partial charge in [0.15, 0.2) is 17.0 Å². The van der Waals surface area contributed by atoms with Crippen LogP contribution in [0, 0.1) is 0 Å². The van der Waals surface area contributed by atoms with Crippen LogP contribution in [0.15, 0.2) is 43.0 Å². The Kier molecular flexibility index (Phi) is 5.79. The van der Waals surface area contributed by atoms with Crippen LogP contribution in [-0.2, 0) is 19.2 Å². The predicted octanol–water partition coefficient (Wildman–Crippen LogP) is 0.339. The number of hydrogen-bond donors (Lipinski definition) is 4. The molecule has 5 N–H and O–H groups in total. The minimum atomic E-state index is -4.16. The van der Waals surface area contributed by atoms with Gasteiger partial charge in [-0.25, -0.2) is 24.9 Å². The zero-order valence-electron chi connectivity index (χ0n) is 16.0. The van der Waals surface area contributed by atoms with Crippen LogP contribution in [0.5, 0.6) is 0 Å². The van der Waals surface area contributed by atoms with Gasteiger partial charge < -0.3 is 15.2 Å². The number of nitrogens with one attached hydrogen (secondary N) is 2. The molecule has 1 aromatic carbocycles. The molecule has 1 aliphatic rings. The average Bonchev–Trinajstić information content (AvgIpc) is 3.30. The maximum absolute atomic E-state index is 12.3. The predicted molar refractivity (Wildman–Crippen MR) is 108 cm³/mol. The lowest BCUT2D eigenvalue weighted by molar-refractivity contribution is -0.0371. The van der Waals surface area contributed by atoms with Crippen molar-refractivity contribution in [2.75, 3.05) is 17.2 Å². The number of anilines is 2. The number of aliphatic hydroxyl groups is 1. The molecule has 1 fully saturated rings. The number of carbonyl (C=O) groups is 1. The molecule has 31 heavy (non-hydrogen) atoms. The van der Waals surface area contributed by atoms with E-state index in [1.165, 1.54) is 12.7 Å². The van der Waals surface area contributed by atoms with Crippen LogP contribution < -0.4 is 15.8 Å². The fourth-order valence-electron chi connectivity index (χ4n) is 3.14. The molecule has 0 bridgehead atoms. The maximum Gasteiger partial charge on any atom is 0.333 e. The second kappa shape index (κ2) is 8.52. The van der Waals surface area contributed by atoms with Crippen molar-refractivity contribution in [2.24, 2.45) is 5.14 Å². The summed E-state index contributed by atoms with van der Waals surface area (Å²) in [4.78, 5) is 24.8. The monoisotopic (exact) mass is 449 g/mol. The fourth-order valence-corrected chi connectivity index (χ4v) is 3.47. The molecule has 0 unspecified atom stereocenters. The third-order valence-electron chi connectivity index (χ3n) is 4.53. The van der Waals surface area contributed by atoms with Crippen LogP contribution >= 0.6 is 0 Å². The van der Waals surface area contributed by atoms with E-state index in [9.17, 15) is 18.3 Å². The van der Waals surface area contributed by atoms with Crippen molar-refractivity contribution >= 4 is 39.0 Å². The second-order valence-corrected chi connectivity index (χ2v) is 7.92. The van der Waals surface area contributed by atoms with Gasteiger partial charge in [0.1, 0.15) is 18.7 Å². The van der Waals surface area contributed by atoms with Crippen molar-refractivity contribution in [3.05, 3.63) is 43.0 Å². The number of ether oxygens (including phenoxy) is 1. The van der Waals surface area contributed by atoms with Gasteiger partial charge in [-0.1, -0.05) is 18.2 Å².